The number of hydrogen-bond donors (Lipinski definition) is 3. The summed E-state index contributed by atoms with van der Waals surface area (Å²) in [6.07, 6.45) is 5.48. The Morgan fingerprint density at radius 2 is 2.14 bits per heavy atom. The zero-order chi connectivity index (χ0) is 15.5. The van der Waals surface area contributed by atoms with E-state index >= 15 is 0 Å². The lowest BCUT2D eigenvalue weighted by atomic mass is 9.68. The highest BCUT2D eigenvalue weighted by Crippen LogP contribution is 2.41. The van der Waals surface area contributed by atoms with Crippen molar-refractivity contribution in [3.8, 4) is 0 Å². The molecular weight excluding hydrogens is 266 g/mol. The first-order valence-electron chi connectivity index (χ1n) is 7.76. The maximum absolute atomic E-state index is 11.8. The van der Waals surface area contributed by atoms with Gasteiger partial charge < -0.3 is 10.4 Å². The van der Waals surface area contributed by atoms with Crippen LogP contribution in [0.25, 0.3) is 0 Å². The number of hydrogen-bond acceptors (Lipinski definition) is 3. The smallest absolute Gasteiger partial charge is 0.226 e. The highest BCUT2D eigenvalue weighted by Gasteiger charge is 2.37. The van der Waals surface area contributed by atoms with Gasteiger partial charge in [-0.2, -0.15) is 5.10 Å². The van der Waals surface area contributed by atoms with Crippen molar-refractivity contribution in [2.75, 3.05) is 6.54 Å². The zero-order valence-electron chi connectivity index (χ0n) is 13.3. The molecule has 2 rings (SSSR count). The minimum atomic E-state index is -0.745. The molecule has 5 nitrogen and oxygen atoms in total. The maximum Gasteiger partial charge on any atom is 0.226 e. The van der Waals surface area contributed by atoms with Crippen LogP contribution in [0.5, 0.6) is 0 Å². The average Bonchev–Trinajstić information content (AvgIpc) is 2.89. The molecule has 1 fully saturated rings. The number of amides is 1. The third-order valence-electron chi connectivity index (χ3n) is 4.67. The van der Waals surface area contributed by atoms with Gasteiger partial charge in [0.2, 0.25) is 5.91 Å². The number of aliphatic hydroxyl groups is 1. The number of H-pyrrole nitrogens is 1. The van der Waals surface area contributed by atoms with Crippen LogP contribution >= 0.6 is 0 Å². The van der Waals surface area contributed by atoms with Crippen molar-refractivity contribution < 1.29 is 9.90 Å². The maximum atomic E-state index is 11.8. The first-order chi connectivity index (χ1) is 9.78. The molecule has 5 heteroatoms. The van der Waals surface area contributed by atoms with Crippen LogP contribution in [0.3, 0.4) is 0 Å². The summed E-state index contributed by atoms with van der Waals surface area (Å²) >= 11 is 0. The van der Waals surface area contributed by atoms with E-state index in [0.717, 1.165) is 31.4 Å². The Bertz CT molecular complexity index is 454. The van der Waals surface area contributed by atoms with Crippen molar-refractivity contribution in [3.63, 3.8) is 0 Å². The molecule has 1 heterocycles. The molecule has 0 aliphatic heterocycles. The lowest BCUT2D eigenvalue weighted by molar-refractivity contribution is -0.122. The van der Waals surface area contributed by atoms with E-state index in [-0.39, 0.29) is 12.3 Å². The number of rotatable bonds is 4. The molecule has 0 radical (unpaired) electrons. The number of carbonyl (C=O) groups is 1. The van der Waals surface area contributed by atoms with E-state index in [1.807, 2.05) is 0 Å². The van der Waals surface area contributed by atoms with E-state index in [0.29, 0.717) is 17.9 Å². The number of nitrogens with one attached hydrogen (secondary N) is 2. The Morgan fingerprint density at radius 3 is 2.67 bits per heavy atom. The van der Waals surface area contributed by atoms with Crippen LogP contribution in [0.1, 0.15) is 52.1 Å². The van der Waals surface area contributed by atoms with Gasteiger partial charge in [0, 0.05) is 18.4 Å². The SMILES string of the molecule is CC(C)(C)C1CCC(O)(CNC(=O)Cc2ccn[nH]2)CC1. The van der Waals surface area contributed by atoms with Crippen LogP contribution in [-0.4, -0.2) is 33.4 Å². The third-order valence-corrected chi connectivity index (χ3v) is 4.67. The van der Waals surface area contributed by atoms with Crippen LogP contribution in [0, 0.1) is 11.3 Å². The topological polar surface area (TPSA) is 78.0 Å². The van der Waals surface area contributed by atoms with Gasteiger partial charge in [0.05, 0.1) is 12.0 Å². The van der Waals surface area contributed by atoms with Crippen LogP contribution in [0.2, 0.25) is 0 Å². The van der Waals surface area contributed by atoms with Gasteiger partial charge in [-0.25, -0.2) is 0 Å². The average molecular weight is 293 g/mol. The Labute approximate surface area is 126 Å². The molecule has 1 aromatic rings. The molecule has 0 atom stereocenters. The number of nitrogens with zero attached hydrogens (tertiary/aromatic N) is 1. The van der Waals surface area contributed by atoms with Gasteiger partial charge in [0.15, 0.2) is 0 Å². The van der Waals surface area contributed by atoms with E-state index in [9.17, 15) is 9.90 Å². The molecule has 1 aliphatic carbocycles. The monoisotopic (exact) mass is 293 g/mol. The summed E-state index contributed by atoms with van der Waals surface area (Å²) in [7, 11) is 0. The van der Waals surface area contributed by atoms with Gasteiger partial charge in [-0.05, 0) is 43.1 Å². The number of aromatic amines is 1. The normalized spacial score (nSPS) is 26.6. The quantitative estimate of drug-likeness (QED) is 0.795. The summed E-state index contributed by atoms with van der Waals surface area (Å²) in [6, 6.07) is 1.78. The van der Waals surface area contributed by atoms with Crippen LogP contribution in [0.15, 0.2) is 12.3 Å². The van der Waals surface area contributed by atoms with E-state index < -0.39 is 5.60 Å². The van der Waals surface area contributed by atoms with Gasteiger partial charge in [-0.15, -0.1) is 0 Å². The Hall–Kier alpha value is -1.36. The molecule has 1 saturated carbocycles. The fraction of sp³-hybridized carbons (Fsp3) is 0.750. The van der Waals surface area contributed by atoms with Crippen LogP contribution in [-0.2, 0) is 11.2 Å². The fourth-order valence-electron chi connectivity index (χ4n) is 3.08. The summed E-state index contributed by atoms with van der Waals surface area (Å²) in [6.45, 7) is 7.12. The summed E-state index contributed by atoms with van der Waals surface area (Å²) in [5.74, 6) is 0.573. The van der Waals surface area contributed by atoms with Crippen molar-refractivity contribution in [2.24, 2.45) is 11.3 Å². The van der Waals surface area contributed by atoms with E-state index in [1.54, 1.807) is 12.3 Å². The highest BCUT2D eigenvalue weighted by atomic mass is 16.3. The minimum absolute atomic E-state index is 0.0781. The predicted octanol–water partition coefficient (Wildman–Crippen LogP) is 2.04. The lowest BCUT2D eigenvalue weighted by Gasteiger charge is -2.41. The largest absolute Gasteiger partial charge is 0.388 e. The molecule has 0 saturated heterocycles. The molecule has 0 spiro atoms. The summed E-state index contributed by atoms with van der Waals surface area (Å²) in [5, 5.41) is 20.0. The van der Waals surface area contributed by atoms with E-state index in [1.165, 1.54) is 0 Å². The van der Waals surface area contributed by atoms with Gasteiger partial charge in [-0.1, -0.05) is 20.8 Å². The van der Waals surface area contributed by atoms with Gasteiger partial charge in [0.25, 0.3) is 0 Å². The van der Waals surface area contributed by atoms with Crippen molar-refractivity contribution in [1.82, 2.24) is 15.5 Å². The second kappa shape index (κ2) is 6.18. The first kappa shape index (κ1) is 16.0. The molecule has 0 aromatic carbocycles. The van der Waals surface area contributed by atoms with E-state index in [4.69, 9.17) is 0 Å². The van der Waals surface area contributed by atoms with Gasteiger partial charge in [0.1, 0.15) is 0 Å². The van der Waals surface area contributed by atoms with Crippen molar-refractivity contribution >= 4 is 5.91 Å². The second-order valence-electron chi connectivity index (χ2n) is 7.40. The Morgan fingerprint density at radius 1 is 1.48 bits per heavy atom. The Kier molecular flexibility index (Phi) is 4.71. The first-order valence-corrected chi connectivity index (χ1v) is 7.76. The van der Waals surface area contributed by atoms with Gasteiger partial charge in [-0.3, -0.25) is 9.89 Å². The standard InChI is InChI=1S/C16H27N3O2/c1-15(2,3)12-4-7-16(21,8-5-12)11-17-14(20)10-13-6-9-18-19-13/h6,9,12,21H,4-5,7-8,10-11H2,1-3H3,(H,17,20)(H,18,19). The van der Waals surface area contributed by atoms with E-state index in [2.05, 4.69) is 36.3 Å². The van der Waals surface area contributed by atoms with Crippen molar-refractivity contribution in [1.29, 1.82) is 0 Å². The summed E-state index contributed by atoms with van der Waals surface area (Å²) in [5.41, 5.74) is 0.340. The molecule has 0 unspecified atom stereocenters. The lowest BCUT2D eigenvalue weighted by Crippen LogP contribution is -2.46. The highest BCUT2D eigenvalue weighted by molar-refractivity contribution is 5.78. The molecule has 3 N–H and O–H groups in total. The molecule has 21 heavy (non-hydrogen) atoms. The molecule has 118 valence electrons. The Balaban J connectivity index is 1.77. The third kappa shape index (κ3) is 4.56. The van der Waals surface area contributed by atoms with Crippen molar-refractivity contribution in [2.45, 2.75) is 58.5 Å². The van der Waals surface area contributed by atoms with Crippen LogP contribution < -0.4 is 5.32 Å². The van der Waals surface area contributed by atoms with Crippen molar-refractivity contribution in [3.05, 3.63) is 18.0 Å². The predicted molar refractivity (Wildman–Crippen MR) is 81.7 cm³/mol. The molecule has 1 aromatic heterocycles. The zero-order valence-corrected chi connectivity index (χ0v) is 13.3. The summed E-state index contributed by atoms with van der Waals surface area (Å²) in [4.78, 5) is 11.8. The van der Waals surface area contributed by atoms with Gasteiger partial charge >= 0.3 is 0 Å². The minimum Gasteiger partial charge on any atom is -0.388 e. The molecule has 0 bridgehead atoms. The number of carbonyl (C=O) groups excluding carboxylic acids is 1. The molecular formula is C16H27N3O2. The fourth-order valence-corrected chi connectivity index (χ4v) is 3.08. The summed E-state index contributed by atoms with van der Waals surface area (Å²) < 4.78 is 0. The molecule has 1 aliphatic rings. The second-order valence-corrected chi connectivity index (χ2v) is 7.40. The number of aromatic nitrogens is 2. The molecule has 1 amide bonds. The van der Waals surface area contributed by atoms with Crippen LogP contribution in [0.4, 0.5) is 0 Å².